The number of carbonyl (C=O) groups excluding carboxylic acids is 3. The molecule has 8 heteroatoms. The lowest BCUT2D eigenvalue weighted by Gasteiger charge is -2.53. The fourth-order valence-electron chi connectivity index (χ4n) is 7.29. The number of ketones is 1. The minimum Gasteiger partial charge on any atom is -0.458 e. The van der Waals surface area contributed by atoms with Crippen molar-refractivity contribution in [2.24, 2.45) is 35.0 Å². The van der Waals surface area contributed by atoms with Crippen LogP contribution >= 0.6 is 0 Å². The van der Waals surface area contributed by atoms with E-state index in [9.17, 15) is 29.7 Å². The van der Waals surface area contributed by atoms with Crippen molar-refractivity contribution in [1.82, 2.24) is 0 Å². The molecule has 4 rings (SSSR count). The molecule has 8 atom stereocenters. The van der Waals surface area contributed by atoms with Gasteiger partial charge in [-0.15, -0.1) is 0 Å². The van der Waals surface area contributed by atoms with Crippen molar-refractivity contribution in [3.05, 3.63) is 23.3 Å². The molecule has 2 saturated carbocycles. The van der Waals surface area contributed by atoms with Gasteiger partial charge in [0.1, 0.15) is 11.7 Å². The Hall–Kier alpha value is -2.03. The van der Waals surface area contributed by atoms with Gasteiger partial charge in [0.25, 0.3) is 0 Å². The number of aliphatic hydroxyl groups is 3. The monoisotopic (exact) mass is 476 g/mol. The number of aliphatic hydroxyl groups excluding tert-OH is 1. The molecule has 0 aromatic carbocycles. The zero-order valence-electron chi connectivity index (χ0n) is 20.9. The molecular formula is C26H36O8. The highest BCUT2D eigenvalue weighted by molar-refractivity contribution is 6.04. The van der Waals surface area contributed by atoms with E-state index in [4.69, 9.17) is 9.47 Å². The second kappa shape index (κ2) is 7.48. The topological polar surface area (TPSA) is 130 Å². The van der Waals surface area contributed by atoms with Gasteiger partial charge in [0.15, 0.2) is 11.4 Å². The first-order valence-corrected chi connectivity index (χ1v) is 12.0. The van der Waals surface area contributed by atoms with Crippen molar-refractivity contribution < 1.29 is 39.2 Å². The Labute approximate surface area is 200 Å². The Bertz CT molecular complexity index is 1010. The molecule has 0 heterocycles. The maximum atomic E-state index is 13.1. The van der Waals surface area contributed by atoms with E-state index in [1.165, 1.54) is 6.92 Å². The van der Waals surface area contributed by atoms with Gasteiger partial charge in [0.2, 0.25) is 0 Å². The lowest BCUT2D eigenvalue weighted by molar-refractivity contribution is -0.229. The predicted molar refractivity (Wildman–Crippen MR) is 121 cm³/mol. The highest BCUT2D eigenvalue weighted by Gasteiger charge is 2.87. The predicted octanol–water partition coefficient (Wildman–Crippen LogP) is 1.71. The molecule has 34 heavy (non-hydrogen) atoms. The molecule has 0 saturated heterocycles. The van der Waals surface area contributed by atoms with Crippen molar-refractivity contribution in [1.29, 1.82) is 0 Å². The molecule has 0 amide bonds. The van der Waals surface area contributed by atoms with Crippen molar-refractivity contribution in [3.63, 3.8) is 0 Å². The average Bonchev–Trinajstić information content (AvgIpc) is 3.17. The molecular weight excluding hydrogens is 440 g/mol. The van der Waals surface area contributed by atoms with Gasteiger partial charge in [0, 0.05) is 42.4 Å². The molecule has 0 spiro atoms. The fourth-order valence-corrected chi connectivity index (χ4v) is 7.29. The number of esters is 2. The van der Waals surface area contributed by atoms with Gasteiger partial charge in [-0.1, -0.05) is 46.8 Å². The molecule has 188 valence electrons. The van der Waals surface area contributed by atoms with E-state index in [0.29, 0.717) is 11.1 Å². The Morgan fingerprint density at radius 3 is 2.35 bits per heavy atom. The second-order valence-corrected chi connectivity index (χ2v) is 11.5. The molecule has 0 aromatic heterocycles. The van der Waals surface area contributed by atoms with E-state index in [2.05, 4.69) is 0 Å². The summed E-state index contributed by atoms with van der Waals surface area (Å²) < 4.78 is 11.9. The van der Waals surface area contributed by atoms with Crippen LogP contribution in [0, 0.1) is 35.0 Å². The standard InChI is InChI=1S/C26H36O8/c1-12(2)22(30)34-26-19(23(26,6)7)17-9-16(11-27)10-24(31)18(8-13(3)20(24)29)25(17,32)14(4)21(26)33-15(5)28/h8-9,12,14,17-19,21,27,31-32H,10-11H2,1-7H3. The average molecular weight is 477 g/mol. The lowest BCUT2D eigenvalue weighted by Crippen LogP contribution is -2.66. The summed E-state index contributed by atoms with van der Waals surface area (Å²) in [6.07, 6.45) is 2.24. The van der Waals surface area contributed by atoms with E-state index < -0.39 is 75.6 Å². The maximum absolute atomic E-state index is 13.1. The van der Waals surface area contributed by atoms with Crippen LogP contribution in [0.4, 0.5) is 0 Å². The van der Waals surface area contributed by atoms with Gasteiger partial charge < -0.3 is 24.8 Å². The number of Topliss-reactive ketones (excluding diaryl/α,β-unsaturated/α-hetero) is 1. The quantitative estimate of drug-likeness (QED) is 0.413. The van der Waals surface area contributed by atoms with Crippen LogP contribution in [0.15, 0.2) is 23.3 Å². The molecule has 0 bridgehead atoms. The summed E-state index contributed by atoms with van der Waals surface area (Å²) in [7, 11) is 0. The molecule has 2 fully saturated rings. The Morgan fingerprint density at radius 2 is 1.82 bits per heavy atom. The van der Waals surface area contributed by atoms with Crippen LogP contribution in [-0.4, -0.2) is 62.6 Å². The minimum atomic E-state index is -1.93. The van der Waals surface area contributed by atoms with E-state index in [0.717, 1.165) is 0 Å². The first-order valence-electron chi connectivity index (χ1n) is 12.0. The number of rotatable bonds is 4. The summed E-state index contributed by atoms with van der Waals surface area (Å²) in [4.78, 5) is 38.1. The second-order valence-electron chi connectivity index (χ2n) is 11.5. The maximum Gasteiger partial charge on any atom is 0.309 e. The zero-order chi connectivity index (χ0) is 25.6. The Kier molecular flexibility index (Phi) is 5.52. The van der Waals surface area contributed by atoms with Crippen molar-refractivity contribution in [3.8, 4) is 0 Å². The van der Waals surface area contributed by atoms with Crippen LogP contribution in [-0.2, 0) is 23.9 Å². The molecule has 0 radical (unpaired) electrons. The third-order valence-corrected chi connectivity index (χ3v) is 8.99. The summed E-state index contributed by atoms with van der Waals surface area (Å²) in [6.45, 7) is 11.4. The fraction of sp³-hybridized carbons (Fsp3) is 0.731. The normalized spacial score (nSPS) is 44.2. The number of ether oxygens (including phenoxy) is 2. The molecule has 4 aliphatic carbocycles. The van der Waals surface area contributed by atoms with Crippen LogP contribution < -0.4 is 0 Å². The summed E-state index contributed by atoms with van der Waals surface area (Å²) in [5, 5.41) is 34.2. The molecule has 4 aliphatic rings. The van der Waals surface area contributed by atoms with Crippen LogP contribution in [0.25, 0.3) is 0 Å². The van der Waals surface area contributed by atoms with E-state index in [1.54, 1.807) is 39.8 Å². The van der Waals surface area contributed by atoms with E-state index in [-0.39, 0.29) is 13.0 Å². The first kappa shape index (κ1) is 25.1. The number of hydrogen-bond donors (Lipinski definition) is 3. The number of hydrogen-bond acceptors (Lipinski definition) is 8. The van der Waals surface area contributed by atoms with Crippen molar-refractivity contribution in [2.75, 3.05) is 6.61 Å². The van der Waals surface area contributed by atoms with Gasteiger partial charge in [-0.3, -0.25) is 14.4 Å². The molecule has 0 aromatic rings. The first-order chi connectivity index (χ1) is 15.6. The molecule has 8 nitrogen and oxygen atoms in total. The number of carbonyl (C=O) groups is 3. The SMILES string of the molecule is CC(=O)OC1C(C)C2(O)C(C=C(CO)CC3(O)C(=O)C(C)=CC32)C2C(C)(C)C12OC(=O)C(C)C. The number of fused-ring (bicyclic) bond motifs is 5. The van der Waals surface area contributed by atoms with Crippen LogP contribution in [0.2, 0.25) is 0 Å². The highest BCUT2D eigenvalue weighted by Crippen LogP contribution is 2.77. The van der Waals surface area contributed by atoms with Crippen LogP contribution in [0.5, 0.6) is 0 Å². The van der Waals surface area contributed by atoms with E-state index in [1.807, 2.05) is 13.8 Å². The summed E-state index contributed by atoms with van der Waals surface area (Å²) in [5.74, 6) is -4.84. The summed E-state index contributed by atoms with van der Waals surface area (Å²) in [5.41, 5.74) is -4.74. The third kappa shape index (κ3) is 2.91. The largest absolute Gasteiger partial charge is 0.458 e. The van der Waals surface area contributed by atoms with Gasteiger partial charge in [-0.25, -0.2) is 0 Å². The van der Waals surface area contributed by atoms with Crippen LogP contribution in [0.1, 0.15) is 54.9 Å². The van der Waals surface area contributed by atoms with Gasteiger partial charge in [-0.05, 0) is 18.1 Å². The van der Waals surface area contributed by atoms with Crippen LogP contribution in [0.3, 0.4) is 0 Å². The van der Waals surface area contributed by atoms with Crippen molar-refractivity contribution >= 4 is 17.7 Å². The minimum absolute atomic E-state index is 0.115. The third-order valence-electron chi connectivity index (χ3n) is 8.99. The molecule has 0 aliphatic heterocycles. The summed E-state index contributed by atoms with van der Waals surface area (Å²) in [6, 6.07) is 0. The Morgan fingerprint density at radius 1 is 1.21 bits per heavy atom. The smallest absolute Gasteiger partial charge is 0.309 e. The van der Waals surface area contributed by atoms with Gasteiger partial charge in [-0.2, -0.15) is 0 Å². The highest BCUT2D eigenvalue weighted by atomic mass is 16.6. The van der Waals surface area contributed by atoms with E-state index >= 15 is 0 Å². The molecule has 3 N–H and O–H groups in total. The summed E-state index contributed by atoms with van der Waals surface area (Å²) >= 11 is 0. The van der Waals surface area contributed by atoms with Crippen molar-refractivity contribution in [2.45, 2.75) is 77.8 Å². The molecule has 8 unspecified atom stereocenters. The van der Waals surface area contributed by atoms with Gasteiger partial charge in [0.05, 0.1) is 18.1 Å². The Balaban J connectivity index is 1.96. The lowest BCUT2D eigenvalue weighted by atomic mass is 9.59. The van der Waals surface area contributed by atoms with Gasteiger partial charge >= 0.3 is 11.9 Å². The zero-order valence-corrected chi connectivity index (χ0v) is 20.9.